The number of benzene rings is 2. The molecule has 0 aliphatic rings. The summed E-state index contributed by atoms with van der Waals surface area (Å²) >= 11 is 0. The fraction of sp³-hybridized carbons (Fsp3) is 0.333. The molecule has 2 nitrogen and oxygen atoms in total. The molecule has 118 valence electrons. The Labute approximate surface area is 136 Å². The molecular weight excluding hydrogens is 304 g/mol. The molecule has 0 atom stereocenters. The molecule has 2 aromatic rings. The van der Waals surface area contributed by atoms with Gasteiger partial charge >= 0.3 is 0 Å². The molecular formula is C18H26O2Si2. The maximum absolute atomic E-state index is 6.34. The third-order valence-corrected chi connectivity index (χ3v) is 18.5. The molecule has 0 N–H and O–H groups in total. The maximum atomic E-state index is 6.34. The van der Waals surface area contributed by atoms with Crippen molar-refractivity contribution in [3.8, 4) is 0 Å². The minimum absolute atomic E-state index is 0.686. The van der Waals surface area contributed by atoms with E-state index in [0.717, 1.165) is 0 Å². The minimum Gasteiger partial charge on any atom is -0.413 e. The molecule has 2 aromatic carbocycles. The second kappa shape index (κ2) is 7.37. The van der Waals surface area contributed by atoms with Gasteiger partial charge in [0.15, 0.2) is 0 Å². The van der Waals surface area contributed by atoms with E-state index < -0.39 is 15.7 Å². The van der Waals surface area contributed by atoms with Gasteiger partial charge in [-0.2, -0.15) is 0 Å². The predicted octanol–water partition coefficient (Wildman–Crippen LogP) is 4.91. The quantitative estimate of drug-likeness (QED) is 0.672. The van der Waals surface area contributed by atoms with Crippen LogP contribution in [0.4, 0.5) is 0 Å². The van der Waals surface area contributed by atoms with Crippen LogP contribution in [0, 0.1) is 0 Å². The van der Waals surface area contributed by atoms with Crippen LogP contribution in [0.1, 0.15) is 11.1 Å². The third kappa shape index (κ3) is 4.64. The van der Waals surface area contributed by atoms with Crippen molar-refractivity contribution < 1.29 is 8.85 Å². The van der Waals surface area contributed by atoms with E-state index in [0.29, 0.717) is 13.2 Å². The Bertz CT molecular complexity index is 515. The molecule has 0 radical (unpaired) electrons. The van der Waals surface area contributed by atoms with E-state index in [1.807, 2.05) is 12.1 Å². The second-order valence-electron chi connectivity index (χ2n) is 6.57. The fourth-order valence-electron chi connectivity index (χ4n) is 2.02. The van der Waals surface area contributed by atoms with Gasteiger partial charge in [0.25, 0.3) is 0 Å². The normalized spacial score (nSPS) is 12.4. The molecule has 0 saturated carbocycles. The van der Waals surface area contributed by atoms with Crippen LogP contribution in [-0.4, -0.2) is 15.7 Å². The van der Waals surface area contributed by atoms with Crippen LogP contribution in [0.25, 0.3) is 0 Å². The molecule has 0 saturated heterocycles. The van der Waals surface area contributed by atoms with Gasteiger partial charge < -0.3 is 8.85 Å². The van der Waals surface area contributed by atoms with Gasteiger partial charge in [-0.25, -0.2) is 0 Å². The highest BCUT2D eigenvalue weighted by atomic mass is 29.3. The van der Waals surface area contributed by atoms with Crippen molar-refractivity contribution in [2.24, 2.45) is 0 Å². The molecule has 4 heteroatoms. The van der Waals surface area contributed by atoms with Crippen molar-refractivity contribution in [1.29, 1.82) is 0 Å². The molecule has 0 amide bonds. The molecule has 0 spiro atoms. The monoisotopic (exact) mass is 330 g/mol. The fourth-order valence-corrected chi connectivity index (χ4v) is 6.29. The lowest BCUT2D eigenvalue weighted by atomic mass is 10.2. The first-order chi connectivity index (χ1) is 10.4. The molecule has 0 aromatic heterocycles. The minimum atomic E-state index is -1.85. The second-order valence-corrected chi connectivity index (χ2v) is 20.4. The first-order valence-electron chi connectivity index (χ1n) is 7.76. The topological polar surface area (TPSA) is 18.5 Å². The van der Waals surface area contributed by atoms with E-state index in [2.05, 4.69) is 74.7 Å². The molecule has 0 aliphatic carbocycles. The number of rotatable bonds is 7. The Kier molecular flexibility index (Phi) is 5.75. The van der Waals surface area contributed by atoms with Crippen LogP contribution in [0.5, 0.6) is 0 Å². The summed E-state index contributed by atoms with van der Waals surface area (Å²) in [6, 6.07) is 20.8. The van der Waals surface area contributed by atoms with Crippen LogP contribution < -0.4 is 0 Å². The van der Waals surface area contributed by atoms with Crippen molar-refractivity contribution in [3.63, 3.8) is 0 Å². The van der Waals surface area contributed by atoms with Gasteiger partial charge in [0.05, 0.1) is 13.2 Å². The van der Waals surface area contributed by atoms with E-state index in [9.17, 15) is 0 Å². The van der Waals surface area contributed by atoms with Gasteiger partial charge in [0, 0.05) is 0 Å². The lowest BCUT2D eigenvalue weighted by molar-refractivity contribution is 0.273. The Morgan fingerprint density at radius 3 is 1.23 bits per heavy atom. The first-order valence-corrected chi connectivity index (χ1v) is 14.6. The number of hydrogen-bond donors (Lipinski definition) is 0. The maximum Gasteiger partial charge on any atom is 0.205 e. The van der Waals surface area contributed by atoms with E-state index in [1.54, 1.807) is 0 Å². The summed E-state index contributed by atoms with van der Waals surface area (Å²) in [6.45, 7) is 10.5. The van der Waals surface area contributed by atoms with Crippen LogP contribution >= 0.6 is 0 Å². The van der Waals surface area contributed by atoms with Crippen LogP contribution in [0.2, 0.25) is 26.2 Å². The standard InChI is InChI=1S/C18H26O2Si2/c1-21(2,19-15-17-11-7-5-8-12-17)22(3,4)20-16-18-13-9-6-10-14-18/h5-14H,15-16H2,1-4H3. The van der Waals surface area contributed by atoms with E-state index >= 15 is 0 Å². The third-order valence-electron chi connectivity index (χ3n) is 4.33. The summed E-state index contributed by atoms with van der Waals surface area (Å²) in [4.78, 5) is 0. The van der Waals surface area contributed by atoms with Crippen molar-refractivity contribution in [1.82, 2.24) is 0 Å². The summed E-state index contributed by atoms with van der Waals surface area (Å²) in [5.41, 5.74) is 2.46. The summed E-state index contributed by atoms with van der Waals surface area (Å²) < 4.78 is 12.7. The largest absolute Gasteiger partial charge is 0.413 e. The molecule has 0 unspecified atom stereocenters. The van der Waals surface area contributed by atoms with Gasteiger partial charge in [0.2, 0.25) is 15.7 Å². The zero-order valence-electron chi connectivity index (χ0n) is 14.0. The van der Waals surface area contributed by atoms with Crippen LogP contribution in [0.15, 0.2) is 60.7 Å². The van der Waals surface area contributed by atoms with Gasteiger partial charge in [-0.3, -0.25) is 0 Å². The lowest BCUT2D eigenvalue weighted by Crippen LogP contribution is -2.58. The highest BCUT2D eigenvalue weighted by Gasteiger charge is 2.45. The molecule has 2 rings (SSSR count). The molecule has 0 bridgehead atoms. The average Bonchev–Trinajstić information content (AvgIpc) is 2.53. The number of hydrogen-bond acceptors (Lipinski definition) is 2. The molecule has 22 heavy (non-hydrogen) atoms. The van der Waals surface area contributed by atoms with Gasteiger partial charge in [-0.15, -0.1) is 0 Å². The Hall–Kier alpha value is -1.21. The van der Waals surface area contributed by atoms with Gasteiger partial charge in [-0.1, -0.05) is 60.7 Å². The Morgan fingerprint density at radius 1 is 0.591 bits per heavy atom. The summed E-state index contributed by atoms with van der Waals surface area (Å²) in [5.74, 6) is 0. The van der Waals surface area contributed by atoms with Crippen molar-refractivity contribution >= 4 is 15.7 Å². The van der Waals surface area contributed by atoms with E-state index in [4.69, 9.17) is 8.85 Å². The Balaban J connectivity index is 1.93. The predicted molar refractivity (Wildman–Crippen MR) is 97.4 cm³/mol. The van der Waals surface area contributed by atoms with E-state index in [-0.39, 0.29) is 0 Å². The van der Waals surface area contributed by atoms with E-state index in [1.165, 1.54) is 11.1 Å². The van der Waals surface area contributed by atoms with Gasteiger partial charge in [-0.05, 0) is 37.3 Å². The average molecular weight is 331 g/mol. The zero-order valence-corrected chi connectivity index (χ0v) is 16.0. The van der Waals surface area contributed by atoms with Crippen LogP contribution in [-0.2, 0) is 22.1 Å². The molecule has 0 fully saturated rings. The van der Waals surface area contributed by atoms with Crippen molar-refractivity contribution in [2.45, 2.75) is 39.4 Å². The SMILES string of the molecule is C[Si](C)(OCc1ccccc1)[Si](C)(C)OCc1ccccc1. The smallest absolute Gasteiger partial charge is 0.205 e. The highest BCUT2D eigenvalue weighted by molar-refractivity contribution is 7.35. The summed E-state index contributed by atoms with van der Waals surface area (Å²) in [5, 5.41) is 0. The molecule has 0 aliphatic heterocycles. The summed E-state index contributed by atoms with van der Waals surface area (Å²) in [6.07, 6.45) is 0. The summed E-state index contributed by atoms with van der Waals surface area (Å²) in [7, 11) is -3.70. The van der Waals surface area contributed by atoms with Crippen LogP contribution in [0.3, 0.4) is 0 Å². The molecule has 0 heterocycles. The van der Waals surface area contributed by atoms with Gasteiger partial charge in [0.1, 0.15) is 0 Å². The van der Waals surface area contributed by atoms with Crippen molar-refractivity contribution in [2.75, 3.05) is 0 Å². The first kappa shape index (κ1) is 17.2. The highest BCUT2D eigenvalue weighted by Crippen LogP contribution is 2.24. The lowest BCUT2D eigenvalue weighted by Gasteiger charge is -2.37. The Morgan fingerprint density at radius 2 is 0.909 bits per heavy atom. The zero-order chi connectivity index (χ0) is 16.1. The van der Waals surface area contributed by atoms with Crippen molar-refractivity contribution in [3.05, 3.63) is 71.8 Å².